The third-order valence-electron chi connectivity index (χ3n) is 5.84. The number of amides is 4. The van der Waals surface area contributed by atoms with Gasteiger partial charge in [-0.1, -0.05) is 39.8 Å². The first-order valence-electron chi connectivity index (χ1n) is 12.5. The zero-order valence-electron chi connectivity index (χ0n) is 22.5. The number of allylic oxidation sites excluding steroid dienone is 2. The molecule has 2 bridgehead atoms. The minimum Gasteiger partial charge on any atom is -0.570 e. The maximum absolute atomic E-state index is 13.2. The van der Waals surface area contributed by atoms with E-state index in [2.05, 4.69) is 21.3 Å². The summed E-state index contributed by atoms with van der Waals surface area (Å²) >= 11 is 0. The average molecular weight is 605 g/mol. The molecule has 2 aliphatic rings. The molecular formula is C24H36N4O8S3. The predicted molar refractivity (Wildman–Crippen MR) is 149 cm³/mol. The number of ether oxygens (including phenoxy) is 1. The van der Waals surface area contributed by atoms with E-state index in [1.54, 1.807) is 33.8 Å². The second-order valence-corrected chi connectivity index (χ2v) is 15.9. The lowest BCUT2D eigenvalue weighted by molar-refractivity contribution is -0.153. The van der Waals surface area contributed by atoms with Crippen LogP contribution in [0.25, 0.3) is 0 Å². The standard InChI is InChI=1S/C24H36N4O8S3/c1-6-16-21(30)28-20(14(4)5)24(33)36-15-9-7-8-10-38(34)39(35)37-12-17(22(31)25-16)26-23(32)19(13(2)3)27-18(29)11-15/h6-7,9,13-15,17,19-20H,8,10-12H2,1-5H3,(H,25,31)(H,26,32)(H,27,29)(H,28,30)/b9-7+,16-6-/t15-,17-,19-,20?,38?,39?/m1/s1. The largest absolute Gasteiger partial charge is 0.570 e. The van der Waals surface area contributed by atoms with E-state index in [4.69, 9.17) is 4.74 Å². The summed E-state index contributed by atoms with van der Waals surface area (Å²) in [6.07, 6.45) is 3.21. The van der Waals surface area contributed by atoms with Crippen molar-refractivity contribution in [3.8, 4) is 0 Å². The fraction of sp³-hybridized carbons (Fsp3) is 0.625. The van der Waals surface area contributed by atoms with Crippen LogP contribution < -0.4 is 21.3 Å². The number of carbonyl (C=O) groups excluding carboxylic acids is 5. The predicted octanol–water partition coefficient (Wildman–Crippen LogP) is 0.109. The molecule has 12 nitrogen and oxygen atoms in total. The summed E-state index contributed by atoms with van der Waals surface area (Å²) in [6, 6.07) is -3.44. The summed E-state index contributed by atoms with van der Waals surface area (Å²) in [4.78, 5) is 65.5. The molecule has 0 aromatic heterocycles. The number of carbonyl (C=O) groups is 5. The van der Waals surface area contributed by atoms with Crippen LogP contribution in [0.4, 0.5) is 0 Å². The van der Waals surface area contributed by atoms with Crippen molar-refractivity contribution in [2.24, 2.45) is 11.8 Å². The molecule has 0 aliphatic carbocycles. The Morgan fingerprint density at radius 2 is 1.67 bits per heavy atom. The molecule has 0 saturated carbocycles. The van der Waals surface area contributed by atoms with Crippen molar-refractivity contribution in [1.82, 2.24) is 21.3 Å². The molecule has 218 valence electrons. The van der Waals surface area contributed by atoms with E-state index in [0.717, 1.165) is 10.8 Å². The van der Waals surface area contributed by atoms with Crippen molar-refractivity contribution in [3.05, 3.63) is 23.9 Å². The van der Waals surface area contributed by atoms with Crippen molar-refractivity contribution in [2.45, 2.75) is 71.7 Å². The van der Waals surface area contributed by atoms with Crippen LogP contribution in [0.1, 0.15) is 47.5 Å². The summed E-state index contributed by atoms with van der Waals surface area (Å²) in [5.41, 5.74) is -0.175. The highest BCUT2D eigenvalue weighted by atomic mass is 33.5. The van der Waals surface area contributed by atoms with Gasteiger partial charge in [0, 0.05) is 6.42 Å². The lowest BCUT2D eigenvalue weighted by atomic mass is 10.0. The Bertz CT molecular complexity index is 990. The molecule has 3 unspecified atom stereocenters. The molecule has 0 radical (unpaired) electrons. The fourth-order valence-electron chi connectivity index (χ4n) is 3.62. The van der Waals surface area contributed by atoms with Gasteiger partial charge in [0.2, 0.25) is 27.0 Å². The van der Waals surface area contributed by atoms with E-state index in [1.807, 2.05) is 0 Å². The second-order valence-electron chi connectivity index (χ2n) is 9.63. The minimum atomic E-state index is -1.90. The first kappa shape index (κ1) is 33.0. The summed E-state index contributed by atoms with van der Waals surface area (Å²) in [7, 11) is -2.95. The van der Waals surface area contributed by atoms with E-state index in [-0.39, 0.29) is 36.0 Å². The van der Waals surface area contributed by atoms with Crippen LogP contribution in [-0.4, -0.2) is 74.4 Å². The van der Waals surface area contributed by atoms with Gasteiger partial charge in [-0.2, -0.15) is 0 Å². The number of fused-ring (bicyclic) bond motifs is 7. The van der Waals surface area contributed by atoms with Crippen molar-refractivity contribution in [3.63, 3.8) is 0 Å². The highest BCUT2D eigenvalue weighted by Gasteiger charge is 2.36. The van der Waals surface area contributed by atoms with E-state index in [9.17, 15) is 33.1 Å². The maximum Gasteiger partial charge on any atom is 0.329 e. The van der Waals surface area contributed by atoms with Crippen LogP contribution in [-0.2, 0) is 48.2 Å². The molecule has 2 rings (SSSR count). The first-order valence-corrected chi connectivity index (χ1v) is 17.0. The van der Waals surface area contributed by atoms with Crippen molar-refractivity contribution >= 4 is 59.8 Å². The molecule has 15 heteroatoms. The molecule has 39 heavy (non-hydrogen) atoms. The minimum absolute atomic E-state index is 0.0228. The molecule has 4 N–H and O–H groups in total. The summed E-state index contributed by atoms with van der Waals surface area (Å²) in [6.45, 7) is 8.32. The van der Waals surface area contributed by atoms with Crippen LogP contribution in [0.5, 0.6) is 0 Å². The molecule has 2 aliphatic heterocycles. The molecule has 1 fully saturated rings. The Balaban J connectivity index is 2.62. The Hall–Kier alpha value is -2.20. The lowest BCUT2D eigenvalue weighted by Crippen LogP contribution is -2.57. The molecule has 6 atom stereocenters. The number of nitrogens with one attached hydrogen (secondary N) is 4. The number of rotatable bonds is 2. The Labute approximate surface area is 237 Å². The van der Waals surface area contributed by atoms with Crippen LogP contribution in [0, 0.1) is 11.8 Å². The highest BCUT2D eigenvalue weighted by molar-refractivity contribution is 9.02. The van der Waals surface area contributed by atoms with Crippen LogP contribution in [0.3, 0.4) is 0 Å². The number of esters is 1. The highest BCUT2D eigenvalue weighted by Crippen LogP contribution is 2.23. The maximum atomic E-state index is 13.2. The monoisotopic (exact) mass is 604 g/mol. The third kappa shape index (κ3) is 10.0. The Morgan fingerprint density at radius 1 is 1.00 bits per heavy atom. The molecule has 0 aromatic carbocycles. The Kier molecular flexibility index (Phi) is 13.2. The zero-order chi connectivity index (χ0) is 29.3. The first-order chi connectivity index (χ1) is 18.3. The van der Waals surface area contributed by atoms with Crippen LogP contribution >= 0.6 is 10.8 Å². The van der Waals surface area contributed by atoms with Gasteiger partial charge in [-0.3, -0.25) is 19.2 Å². The van der Waals surface area contributed by atoms with Gasteiger partial charge in [0.1, 0.15) is 40.7 Å². The van der Waals surface area contributed by atoms with Gasteiger partial charge in [0.05, 0.1) is 12.2 Å². The summed E-state index contributed by atoms with van der Waals surface area (Å²) in [5, 5.41) is 10.2. The van der Waals surface area contributed by atoms with E-state index >= 15 is 0 Å². The van der Waals surface area contributed by atoms with E-state index in [1.165, 1.54) is 19.1 Å². The van der Waals surface area contributed by atoms with E-state index < -0.39 is 79.2 Å². The van der Waals surface area contributed by atoms with Crippen molar-refractivity contribution < 1.29 is 37.8 Å². The van der Waals surface area contributed by atoms with Crippen molar-refractivity contribution in [1.29, 1.82) is 0 Å². The van der Waals surface area contributed by atoms with Gasteiger partial charge in [-0.25, -0.2) is 4.79 Å². The zero-order valence-corrected chi connectivity index (χ0v) is 25.0. The van der Waals surface area contributed by atoms with Crippen LogP contribution in [0.2, 0.25) is 0 Å². The molecule has 0 aromatic rings. The SMILES string of the molecule is C/C=C1\NC(=O)[C@H]2CS[S+]([O-])[S+]([O-])CC/C=C/[C@H](CC(=O)N[C@H](C(C)C)C(=O)N2)OC(=O)C(C(C)C)NC1=O. The lowest BCUT2D eigenvalue weighted by Gasteiger charge is -2.27. The summed E-state index contributed by atoms with van der Waals surface area (Å²) < 4.78 is 30.7. The quantitative estimate of drug-likeness (QED) is 0.111. The fourth-order valence-corrected chi connectivity index (χ4v) is 8.51. The van der Waals surface area contributed by atoms with Gasteiger partial charge >= 0.3 is 5.97 Å². The average Bonchev–Trinajstić information content (AvgIpc) is 2.86. The van der Waals surface area contributed by atoms with Gasteiger partial charge in [0.25, 0.3) is 5.91 Å². The van der Waals surface area contributed by atoms with E-state index in [0.29, 0.717) is 0 Å². The molecule has 4 amide bonds. The normalized spacial score (nSPS) is 32.4. The molecule has 1 saturated heterocycles. The number of hydrogen-bond acceptors (Lipinski definition) is 9. The Morgan fingerprint density at radius 3 is 2.28 bits per heavy atom. The topological polar surface area (TPSA) is 189 Å². The van der Waals surface area contributed by atoms with Gasteiger partial charge in [-0.15, -0.1) is 0 Å². The third-order valence-corrected chi connectivity index (χ3v) is 12.0. The molecule has 0 spiro atoms. The van der Waals surface area contributed by atoms with Gasteiger partial charge in [-0.05, 0) is 24.8 Å². The smallest absolute Gasteiger partial charge is 0.329 e. The van der Waals surface area contributed by atoms with Crippen LogP contribution in [0.15, 0.2) is 23.9 Å². The molecular weight excluding hydrogens is 568 g/mol. The number of hydrogen-bond donors (Lipinski definition) is 4. The summed E-state index contributed by atoms with van der Waals surface area (Å²) in [5.74, 6) is -4.59. The second kappa shape index (κ2) is 15.6. The van der Waals surface area contributed by atoms with Gasteiger partial charge in [0.15, 0.2) is 16.0 Å². The molecule has 2 heterocycles. The van der Waals surface area contributed by atoms with Gasteiger partial charge < -0.3 is 35.1 Å². The van der Waals surface area contributed by atoms with Crippen molar-refractivity contribution in [2.75, 3.05) is 11.5 Å².